The summed E-state index contributed by atoms with van der Waals surface area (Å²) in [5, 5.41) is 0. The van der Waals surface area contributed by atoms with Crippen LogP contribution in [0.2, 0.25) is 0 Å². The molecule has 0 spiro atoms. The second-order valence-corrected chi connectivity index (χ2v) is 4.21. The van der Waals surface area contributed by atoms with Crippen molar-refractivity contribution in [3.05, 3.63) is 0 Å². The number of hydrogen-bond acceptors (Lipinski definition) is 2. The zero-order chi connectivity index (χ0) is 10.8. The summed E-state index contributed by atoms with van der Waals surface area (Å²) in [6, 6.07) is 0.271. The van der Waals surface area contributed by atoms with E-state index in [1.54, 1.807) is 0 Å². The Kier molecular flexibility index (Phi) is 3.40. The number of cyclic esters (lactones) is 1. The molecule has 0 radical (unpaired) electrons. The third kappa shape index (κ3) is 1.72. The van der Waals surface area contributed by atoms with Crippen LogP contribution in [-0.4, -0.2) is 29.2 Å². The molecular formula is C11H21NO2. The predicted molar refractivity (Wildman–Crippen MR) is 56.3 cm³/mol. The number of hydrogen-bond donors (Lipinski definition) is 0. The fraction of sp³-hybridized carbons (Fsp3) is 0.909. The number of carbonyl (C=O) groups is 1. The van der Waals surface area contributed by atoms with Gasteiger partial charge >= 0.3 is 6.09 Å². The normalized spacial score (nSPS) is 22.7. The molecule has 0 saturated carbocycles. The molecule has 82 valence electrons. The molecule has 1 fully saturated rings. The topological polar surface area (TPSA) is 29.5 Å². The molecule has 1 unspecified atom stereocenters. The fourth-order valence-electron chi connectivity index (χ4n) is 2.01. The van der Waals surface area contributed by atoms with Gasteiger partial charge in [0, 0.05) is 5.54 Å². The van der Waals surface area contributed by atoms with Crippen molar-refractivity contribution in [3.8, 4) is 0 Å². The van der Waals surface area contributed by atoms with E-state index in [2.05, 4.69) is 27.7 Å². The Morgan fingerprint density at radius 1 is 1.43 bits per heavy atom. The molecule has 3 heteroatoms. The monoisotopic (exact) mass is 199 g/mol. The van der Waals surface area contributed by atoms with E-state index < -0.39 is 0 Å². The van der Waals surface area contributed by atoms with E-state index in [1.165, 1.54) is 0 Å². The number of carbonyl (C=O) groups excluding carboxylic acids is 1. The lowest BCUT2D eigenvalue weighted by Gasteiger charge is -2.39. The van der Waals surface area contributed by atoms with Gasteiger partial charge in [0.1, 0.15) is 6.61 Å². The summed E-state index contributed by atoms with van der Waals surface area (Å²) in [4.78, 5) is 13.5. The van der Waals surface area contributed by atoms with Crippen LogP contribution in [-0.2, 0) is 4.74 Å². The van der Waals surface area contributed by atoms with Crippen molar-refractivity contribution in [3.63, 3.8) is 0 Å². The fourth-order valence-corrected chi connectivity index (χ4v) is 2.01. The SMILES string of the molecule is CCC1COC(=O)N1C(C)(CC)CC. The molecule has 0 bridgehead atoms. The molecule has 0 aromatic rings. The maximum Gasteiger partial charge on any atom is 0.410 e. The number of ether oxygens (including phenoxy) is 1. The highest BCUT2D eigenvalue weighted by Crippen LogP contribution is 2.30. The van der Waals surface area contributed by atoms with E-state index in [0.717, 1.165) is 19.3 Å². The first-order valence-electron chi connectivity index (χ1n) is 5.55. The molecular weight excluding hydrogens is 178 g/mol. The van der Waals surface area contributed by atoms with Gasteiger partial charge in [-0.3, -0.25) is 4.90 Å². The van der Waals surface area contributed by atoms with Crippen LogP contribution >= 0.6 is 0 Å². The summed E-state index contributed by atoms with van der Waals surface area (Å²) in [5.74, 6) is 0. The van der Waals surface area contributed by atoms with Crippen LogP contribution in [0.4, 0.5) is 4.79 Å². The molecule has 0 N–H and O–H groups in total. The second-order valence-electron chi connectivity index (χ2n) is 4.21. The highest BCUT2D eigenvalue weighted by molar-refractivity contribution is 5.71. The van der Waals surface area contributed by atoms with Gasteiger partial charge in [0.2, 0.25) is 0 Å². The zero-order valence-electron chi connectivity index (χ0n) is 9.67. The van der Waals surface area contributed by atoms with E-state index in [0.29, 0.717) is 6.61 Å². The van der Waals surface area contributed by atoms with Crippen LogP contribution < -0.4 is 0 Å². The van der Waals surface area contributed by atoms with E-state index >= 15 is 0 Å². The minimum atomic E-state index is -0.136. The summed E-state index contributed by atoms with van der Waals surface area (Å²) in [5.41, 5.74) is -0.0335. The predicted octanol–water partition coefficient (Wildman–Crippen LogP) is 2.80. The average Bonchev–Trinajstić information content (AvgIpc) is 2.59. The van der Waals surface area contributed by atoms with Crippen molar-refractivity contribution in [1.82, 2.24) is 4.90 Å². The van der Waals surface area contributed by atoms with Crippen molar-refractivity contribution in [2.24, 2.45) is 0 Å². The molecule has 0 aromatic carbocycles. The third-order valence-corrected chi connectivity index (χ3v) is 3.54. The lowest BCUT2D eigenvalue weighted by molar-refractivity contribution is 0.0964. The molecule has 1 rings (SSSR count). The highest BCUT2D eigenvalue weighted by Gasteiger charge is 2.42. The Morgan fingerprint density at radius 2 is 2.00 bits per heavy atom. The molecule has 14 heavy (non-hydrogen) atoms. The summed E-state index contributed by atoms with van der Waals surface area (Å²) < 4.78 is 5.11. The molecule has 0 aromatic heterocycles. The first kappa shape index (κ1) is 11.3. The lowest BCUT2D eigenvalue weighted by Crippen LogP contribution is -2.50. The average molecular weight is 199 g/mol. The molecule has 1 aliphatic heterocycles. The quantitative estimate of drug-likeness (QED) is 0.696. The van der Waals surface area contributed by atoms with Crippen molar-refractivity contribution < 1.29 is 9.53 Å². The van der Waals surface area contributed by atoms with Crippen molar-refractivity contribution in [2.75, 3.05) is 6.61 Å². The Balaban J connectivity index is 2.86. The van der Waals surface area contributed by atoms with Gasteiger partial charge in [-0.05, 0) is 26.2 Å². The second kappa shape index (κ2) is 4.20. The Morgan fingerprint density at radius 3 is 2.43 bits per heavy atom. The van der Waals surface area contributed by atoms with Crippen LogP contribution in [0.15, 0.2) is 0 Å². The third-order valence-electron chi connectivity index (χ3n) is 3.54. The first-order chi connectivity index (χ1) is 6.59. The van der Waals surface area contributed by atoms with Crippen molar-refractivity contribution >= 4 is 6.09 Å². The maximum atomic E-state index is 11.6. The van der Waals surface area contributed by atoms with E-state index in [1.807, 2.05) is 4.90 Å². The summed E-state index contributed by atoms with van der Waals surface area (Å²) in [7, 11) is 0. The van der Waals surface area contributed by atoms with Gasteiger partial charge in [0.05, 0.1) is 6.04 Å². The molecule has 1 aliphatic rings. The van der Waals surface area contributed by atoms with Gasteiger partial charge < -0.3 is 4.74 Å². The highest BCUT2D eigenvalue weighted by atomic mass is 16.6. The minimum absolute atomic E-state index is 0.0335. The zero-order valence-corrected chi connectivity index (χ0v) is 9.67. The summed E-state index contributed by atoms with van der Waals surface area (Å²) >= 11 is 0. The number of nitrogens with zero attached hydrogens (tertiary/aromatic N) is 1. The van der Waals surface area contributed by atoms with Crippen LogP contribution in [0.25, 0.3) is 0 Å². The minimum Gasteiger partial charge on any atom is -0.447 e. The van der Waals surface area contributed by atoms with E-state index in [4.69, 9.17) is 4.74 Å². The van der Waals surface area contributed by atoms with Gasteiger partial charge in [-0.15, -0.1) is 0 Å². The van der Waals surface area contributed by atoms with Crippen molar-refractivity contribution in [1.29, 1.82) is 0 Å². The Bertz CT molecular complexity index is 211. The van der Waals surface area contributed by atoms with Crippen molar-refractivity contribution in [2.45, 2.75) is 58.5 Å². The van der Waals surface area contributed by atoms with Gasteiger partial charge in [-0.2, -0.15) is 0 Å². The van der Waals surface area contributed by atoms with Crippen LogP contribution in [0.5, 0.6) is 0 Å². The Labute approximate surface area is 86.4 Å². The Hall–Kier alpha value is -0.730. The molecule has 3 nitrogen and oxygen atoms in total. The van der Waals surface area contributed by atoms with E-state index in [-0.39, 0.29) is 17.7 Å². The van der Waals surface area contributed by atoms with E-state index in [9.17, 15) is 4.79 Å². The standard InChI is InChI=1S/C11H21NO2/c1-5-9-8-14-10(13)12(9)11(4,6-2)7-3/h9H,5-8H2,1-4H3. The number of rotatable bonds is 4. The van der Waals surface area contributed by atoms with Gasteiger partial charge in [0.25, 0.3) is 0 Å². The molecule has 1 atom stereocenters. The molecule has 0 aliphatic carbocycles. The molecule has 1 saturated heterocycles. The summed E-state index contributed by atoms with van der Waals surface area (Å²) in [6.45, 7) is 9.06. The van der Waals surface area contributed by atoms with Crippen LogP contribution in [0.3, 0.4) is 0 Å². The van der Waals surface area contributed by atoms with Gasteiger partial charge in [-0.25, -0.2) is 4.79 Å². The number of amides is 1. The van der Waals surface area contributed by atoms with Gasteiger partial charge in [-0.1, -0.05) is 20.8 Å². The van der Waals surface area contributed by atoms with Crippen LogP contribution in [0.1, 0.15) is 47.0 Å². The summed E-state index contributed by atoms with van der Waals surface area (Å²) in [6.07, 6.45) is 2.80. The molecule has 1 amide bonds. The lowest BCUT2D eigenvalue weighted by atomic mass is 9.92. The van der Waals surface area contributed by atoms with Crippen LogP contribution in [0, 0.1) is 0 Å². The first-order valence-corrected chi connectivity index (χ1v) is 5.55. The maximum absolute atomic E-state index is 11.6. The molecule has 1 heterocycles. The smallest absolute Gasteiger partial charge is 0.410 e. The van der Waals surface area contributed by atoms with Gasteiger partial charge in [0.15, 0.2) is 0 Å². The largest absolute Gasteiger partial charge is 0.447 e.